The van der Waals surface area contributed by atoms with Crippen molar-refractivity contribution < 1.29 is 0 Å². The van der Waals surface area contributed by atoms with Crippen LogP contribution in [0.25, 0.3) is 10.9 Å². The van der Waals surface area contributed by atoms with Gasteiger partial charge in [0, 0.05) is 59.8 Å². The number of halogens is 1. The molecular formula is C19H21ClN4. The number of hydrogen-bond donors (Lipinski definition) is 1. The van der Waals surface area contributed by atoms with Gasteiger partial charge in [-0.25, -0.2) is 9.97 Å². The lowest BCUT2D eigenvalue weighted by Gasteiger charge is -2.26. The lowest BCUT2D eigenvalue weighted by molar-refractivity contribution is 0.242. The topological polar surface area (TPSA) is 44.8 Å². The SMILES string of the molecule is CC(C)c1nccc(CN2CCc3[nH]c4ccc(Cl)cc4c3C2)n1. The second kappa shape index (κ2) is 6.19. The summed E-state index contributed by atoms with van der Waals surface area (Å²) in [7, 11) is 0. The van der Waals surface area contributed by atoms with Gasteiger partial charge in [0.15, 0.2) is 0 Å². The zero-order chi connectivity index (χ0) is 16.7. The first-order chi connectivity index (χ1) is 11.6. The Kier molecular flexibility index (Phi) is 4.02. The molecule has 0 fully saturated rings. The van der Waals surface area contributed by atoms with Gasteiger partial charge in [-0.1, -0.05) is 25.4 Å². The first-order valence-corrected chi connectivity index (χ1v) is 8.81. The monoisotopic (exact) mass is 340 g/mol. The molecule has 2 aromatic heterocycles. The van der Waals surface area contributed by atoms with Gasteiger partial charge in [0.25, 0.3) is 0 Å². The predicted molar refractivity (Wildman–Crippen MR) is 97.2 cm³/mol. The number of aromatic amines is 1. The van der Waals surface area contributed by atoms with Gasteiger partial charge in [-0.05, 0) is 29.8 Å². The normalized spacial score (nSPS) is 15.2. The van der Waals surface area contributed by atoms with Gasteiger partial charge in [0.1, 0.15) is 5.82 Å². The standard InChI is InChI=1S/C19H21ClN4/c1-12(2)19-21-7-5-14(22-19)10-24-8-6-18-16(11-24)15-9-13(20)3-4-17(15)23-18/h3-5,7,9,12,23H,6,8,10-11H2,1-2H3. The first kappa shape index (κ1) is 15.6. The number of benzene rings is 1. The minimum atomic E-state index is 0.355. The van der Waals surface area contributed by atoms with E-state index in [9.17, 15) is 0 Å². The summed E-state index contributed by atoms with van der Waals surface area (Å²) >= 11 is 6.19. The molecule has 124 valence electrons. The predicted octanol–water partition coefficient (Wildman–Crippen LogP) is 4.29. The van der Waals surface area contributed by atoms with Crippen LogP contribution < -0.4 is 0 Å². The Bertz CT molecular complexity index is 884. The van der Waals surface area contributed by atoms with E-state index in [1.165, 1.54) is 22.2 Å². The van der Waals surface area contributed by atoms with Gasteiger partial charge in [0.2, 0.25) is 0 Å². The van der Waals surface area contributed by atoms with Crippen LogP contribution in [-0.2, 0) is 19.5 Å². The van der Waals surface area contributed by atoms with E-state index in [4.69, 9.17) is 16.6 Å². The molecule has 0 saturated carbocycles. The fraction of sp³-hybridized carbons (Fsp3) is 0.368. The maximum absolute atomic E-state index is 6.19. The average molecular weight is 341 g/mol. The molecule has 24 heavy (non-hydrogen) atoms. The molecule has 0 atom stereocenters. The Hall–Kier alpha value is -1.91. The number of nitrogens with one attached hydrogen (secondary N) is 1. The van der Waals surface area contributed by atoms with Crippen LogP contribution in [0.1, 0.15) is 42.5 Å². The van der Waals surface area contributed by atoms with E-state index in [2.05, 4.69) is 40.8 Å². The van der Waals surface area contributed by atoms with E-state index < -0.39 is 0 Å². The summed E-state index contributed by atoms with van der Waals surface area (Å²) in [6, 6.07) is 8.10. The van der Waals surface area contributed by atoms with Crippen molar-refractivity contribution in [3.8, 4) is 0 Å². The smallest absolute Gasteiger partial charge is 0.131 e. The Morgan fingerprint density at radius 1 is 1.29 bits per heavy atom. The van der Waals surface area contributed by atoms with Gasteiger partial charge in [-0.15, -0.1) is 0 Å². The quantitative estimate of drug-likeness (QED) is 0.773. The second-order valence-electron chi connectivity index (χ2n) is 6.79. The summed E-state index contributed by atoms with van der Waals surface area (Å²) in [5, 5.41) is 2.03. The Morgan fingerprint density at radius 2 is 2.17 bits per heavy atom. The highest BCUT2D eigenvalue weighted by Crippen LogP contribution is 2.30. The highest BCUT2D eigenvalue weighted by molar-refractivity contribution is 6.31. The number of H-pyrrole nitrogens is 1. The second-order valence-corrected chi connectivity index (χ2v) is 7.23. The van der Waals surface area contributed by atoms with Gasteiger partial charge in [-0.3, -0.25) is 4.90 Å². The summed E-state index contributed by atoms with van der Waals surface area (Å²) in [6.45, 7) is 7.07. The van der Waals surface area contributed by atoms with E-state index in [0.717, 1.165) is 42.6 Å². The molecule has 1 N–H and O–H groups in total. The molecule has 3 aromatic rings. The number of rotatable bonds is 3. The number of hydrogen-bond acceptors (Lipinski definition) is 3. The van der Waals surface area contributed by atoms with Crippen LogP contribution in [0.15, 0.2) is 30.5 Å². The molecule has 1 aromatic carbocycles. The average Bonchev–Trinajstić information content (AvgIpc) is 2.92. The van der Waals surface area contributed by atoms with Crippen molar-refractivity contribution in [1.29, 1.82) is 0 Å². The van der Waals surface area contributed by atoms with Crippen LogP contribution in [0.2, 0.25) is 5.02 Å². The Morgan fingerprint density at radius 3 is 3.00 bits per heavy atom. The number of nitrogens with zero attached hydrogens (tertiary/aromatic N) is 3. The highest BCUT2D eigenvalue weighted by Gasteiger charge is 2.21. The Balaban J connectivity index is 1.59. The van der Waals surface area contributed by atoms with Crippen molar-refractivity contribution in [3.63, 3.8) is 0 Å². The molecule has 3 heterocycles. The molecule has 4 nitrogen and oxygen atoms in total. The van der Waals surface area contributed by atoms with Gasteiger partial charge in [-0.2, -0.15) is 0 Å². The molecule has 0 bridgehead atoms. The molecule has 0 unspecified atom stereocenters. The van der Waals surface area contributed by atoms with E-state index in [1.54, 1.807) is 0 Å². The fourth-order valence-electron chi connectivity index (χ4n) is 3.39. The molecule has 5 heteroatoms. The van der Waals surface area contributed by atoms with Crippen LogP contribution in [0.5, 0.6) is 0 Å². The molecular weight excluding hydrogens is 320 g/mol. The van der Waals surface area contributed by atoms with E-state index in [0.29, 0.717) is 5.92 Å². The van der Waals surface area contributed by atoms with Gasteiger partial charge < -0.3 is 4.98 Å². The Labute approximate surface area is 146 Å². The molecule has 1 aliphatic heterocycles. The van der Waals surface area contributed by atoms with Crippen LogP contribution in [-0.4, -0.2) is 26.4 Å². The molecule has 1 aliphatic rings. The van der Waals surface area contributed by atoms with E-state index in [-0.39, 0.29) is 0 Å². The minimum absolute atomic E-state index is 0.355. The largest absolute Gasteiger partial charge is 0.358 e. The first-order valence-electron chi connectivity index (χ1n) is 8.43. The summed E-state index contributed by atoms with van der Waals surface area (Å²) in [4.78, 5) is 15.1. The number of aromatic nitrogens is 3. The third kappa shape index (κ3) is 2.92. The van der Waals surface area contributed by atoms with Crippen molar-refractivity contribution in [2.24, 2.45) is 0 Å². The van der Waals surface area contributed by atoms with Crippen molar-refractivity contribution in [3.05, 3.63) is 58.3 Å². The van der Waals surface area contributed by atoms with Crippen molar-refractivity contribution in [2.45, 2.75) is 39.3 Å². The lowest BCUT2D eigenvalue weighted by Crippen LogP contribution is -2.30. The number of fused-ring (bicyclic) bond motifs is 3. The van der Waals surface area contributed by atoms with Crippen LogP contribution in [0.4, 0.5) is 0 Å². The van der Waals surface area contributed by atoms with Crippen molar-refractivity contribution in [2.75, 3.05) is 6.54 Å². The van der Waals surface area contributed by atoms with Gasteiger partial charge >= 0.3 is 0 Å². The third-order valence-electron chi connectivity index (χ3n) is 4.65. The van der Waals surface area contributed by atoms with Gasteiger partial charge in [0.05, 0.1) is 5.69 Å². The van der Waals surface area contributed by atoms with Crippen LogP contribution in [0, 0.1) is 0 Å². The molecule has 4 rings (SSSR count). The fourth-order valence-corrected chi connectivity index (χ4v) is 3.56. The minimum Gasteiger partial charge on any atom is -0.358 e. The zero-order valence-electron chi connectivity index (χ0n) is 14.0. The molecule has 0 amide bonds. The summed E-state index contributed by atoms with van der Waals surface area (Å²) in [5.74, 6) is 1.28. The van der Waals surface area contributed by atoms with Crippen LogP contribution >= 0.6 is 11.6 Å². The lowest BCUT2D eigenvalue weighted by atomic mass is 10.0. The molecule has 0 radical (unpaired) electrons. The zero-order valence-corrected chi connectivity index (χ0v) is 14.8. The summed E-state index contributed by atoms with van der Waals surface area (Å²) in [5.41, 5.74) is 4.98. The molecule has 0 spiro atoms. The molecule has 0 saturated heterocycles. The van der Waals surface area contributed by atoms with E-state index >= 15 is 0 Å². The maximum atomic E-state index is 6.19. The maximum Gasteiger partial charge on any atom is 0.131 e. The van der Waals surface area contributed by atoms with E-state index in [1.807, 2.05) is 18.3 Å². The summed E-state index contributed by atoms with van der Waals surface area (Å²) < 4.78 is 0. The molecule has 0 aliphatic carbocycles. The van der Waals surface area contributed by atoms with Crippen molar-refractivity contribution in [1.82, 2.24) is 19.9 Å². The summed E-state index contributed by atoms with van der Waals surface area (Å²) in [6.07, 6.45) is 2.91. The highest BCUT2D eigenvalue weighted by atomic mass is 35.5. The third-order valence-corrected chi connectivity index (χ3v) is 4.89. The van der Waals surface area contributed by atoms with Crippen LogP contribution in [0.3, 0.4) is 0 Å². The van der Waals surface area contributed by atoms with Crippen molar-refractivity contribution >= 4 is 22.5 Å².